The van der Waals surface area contributed by atoms with Crippen LogP contribution in [0, 0.1) is 0 Å². The minimum absolute atomic E-state index is 0.502. The smallest absolute Gasteiger partial charge is 0.253 e. The van der Waals surface area contributed by atoms with Crippen molar-refractivity contribution < 1.29 is 8.78 Å². The first-order valence-corrected chi connectivity index (χ1v) is 5.51. The van der Waals surface area contributed by atoms with Crippen LogP contribution < -0.4 is 5.32 Å². The van der Waals surface area contributed by atoms with Crippen molar-refractivity contribution in [1.29, 1.82) is 0 Å². The lowest BCUT2D eigenvalue weighted by atomic mass is 10.3. The molecule has 0 saturated heterocycles. The van der Waals surface area contributed by atoms with Gasteiger partial charge in [-0.1, -0.05) is 0 Å². The van der Waals surface area contributed by atoms with E-state index < -0.39 is 12.5 Å². The van der Waals surface area contributed by atoms with Crippen LogP contribution in [0.1, 0.15) is 11.8 Å². The van der Waals surface area contributed by atoms with Gasteiger partial charge in [0.05, 0.1) is 6.04 Å². The Balaban J connectivity index is 2.35. The van der Waals surface area contributed by atoms with Crippen LogP contribution in [-0.2, 0) is 6.54 Å². The molecule has 13 heavy (non-hydrogen) atoms. The second-order valence-electron chi connectivity index (χ2n) is 2.74. The van der Waals surface area contributed by atoms with E-state index in [9.17, 15) is 8.78 Å². The van der Waals surface area contributed by atoms with Crippen LogP contribution in [0.15, 0.2) is 15.9 Å². The third-order valence-electron chi connectivity index (χ3n) is 1.60. The van der Waals surface area contributed by atoms with Crippen molar-refractivity contribution in [3.8, 4) is 0 Å². The second kappa shape index (κ2) is 5.02. The molecule has 1 aromatic rings. The first-order valence-electron chi connectivity index (χ1n) is 3.84. The van der Waals surface area contributed by atoms with Gasteiger partial charge in [0.15, 0.2) is 0 Å². The number of alkyl halides is 2. The Morgan fingerprint density at radius 2 is 2.31 bits per heavy atom. The third-order valence-corrected chi connectivity index (χ3v) is 3.30. The summed E-state index contributed by atoms with van der Waals surface area (Å²) in [5, 5.41) is 4.69. The summed E-state index contributed by atoms with van der Waals surface area (Å²) in [5.74, 6) is 0. The molecule has 0 radical (unpaired) electrons. The fourth-order valence-corrected chi connectivity index (χ4v) is 2.20. The average molecular weight is 270 g/mol. The molecule has 0 amide bonds. The van der Waals surface area contributed by atoms with Crippen molar-refractivity contribution >= 4 is 27.3 Å². The number of nitrogens with one attached hydrogen (secondary N) is 1. The SMILES string of the molecule is CC(NCc1cc(Br)cs1)C(F)F. The summed E-state index contributed by atoms with van der Waals surface area (Å²) in [6, 6.07) is 1.18. The van der Waals surface area contributed by atoms with Crippen LogP contribution >= 0.6 is 27.3 Å². The molecule has 0 aliphatic rings. The van der Waals surface area contributed by atoms with Crippen LogP contribution in [0.3, 0.4) is 0 Å². The summed E-state index contributed by atoms with van der Waals surface area (Å²) in [4.78, 5) is 1.05. The van der Waals surface area contributed by atoms with Crippen molar-refractivity contribution in [2.75, 3.05) is 0 Å². The van der Waals surface area contributed by atoms with Crippen molar-refractivity contribution in [1.82, 2.24) is 5.32 Å². The molecule has 0 aliphatic carbocycles. The zero-order chi connectivity index (χ0) is 9.84. The first-order chi connectivity index (χ1) is 6.09. The van der Waals surface area contributed by atoms with Gasteiger partial charge in [-0.2, -0.15) is 0 Å². The maximum absolute atomic E-state index is 12.1. The van der Waals surface area contributed by atoms with E-state index in [2.05, 4.69) is 21.2 Å². The Kier molecular flexibility index (Phi) is 4.28. The van der Waals surface area contributed by atoms with Gasteiger partial charge in [-0.05, 0) is 28.9 Å². The maximum Gasteiger partial charge on any atom is 0.253 e. The molecule has 0 aromatic carbocycles. The highest BCUT2D eigenvalue weighted by molar-refractivity contribution is 9.10. The van der Waals surface area contributed by atoms with Gasteiger partial charge >= 0.3 is 0 Å². The van der Waals surface area contributed by atoms with Crippen LogP contribution in [0.25, 0.3) is 0 Å². The molecule has 0 aliphatic heterocycles. The standard InChI is InChI=1S/C8H10BrF2NS/c1-5(8(10)11)12-3-7-2-6(9)4-13-7/h2,4-5,8,12H,3H2,1H3. The monoisotopic (exact) mass is 269 g/mol. The molecule has 1 N–H and O–H groups in total. The minimum atomic E-state index is -2.30. The zero-order valence-electron chi connectivity index (χ0n) is 7.06. The lowest BCUT2D eigenvalue weighted by Crippen LogP contribution is -2.31. The number of thiophene rings is 1. The largest absolute Gasteiger partial charge is 0.304 e. The quantitative estimate of drug-likeness (QED) is 0.885. The third kappa shape index (κ3) is 3.70. The van der Waals surface area contributed by atoms with Gasteiger partial charge in [-0.15, -0.1) is 11.3 Å². The van der Waals surface area contributed by atoms with E-state index in [0.29, 0.717) is 6.54 Å². The van der Waals surface area contributed by atoms with Crippen LogP contribution in [-0.4, -0.2) is 12.5 Å². The van der Waals surface area contributed by atoms with Gasteiger partial charge in [0.2, 0.25) is 0 Å². The highest BCUT2D eigenvalue weighted by Gasteiger charge is 2.13. The molecule has 1 atom stereocenters. The molecule has 1 heterocycles. The summed E-state index contributed by atoms with van der Waals surface area (Å²) in [6.07, 6.45) is -2.30. The predicted molar refractivity (Wildman–Crippen MR) is 54.3 cm³/mol. The Morgan fingerprint density at radius 1 is 1.62 bits per heavy atom. The first kappa shape index (κ1) is 11.1. The Bertz CT molecular complexity index is 264. The summed E-state index contributed by atoms with van der Waals surface area (Å²) in [6.45, 7) is 1.98. The summed E-state index contributed by atoms with van der Waals surface area (Å²) in [7, 11) is 0. The van der Waals surface area contributed by atoms with Crippen LogP contribution in [0.2, 0.25) is 0 Å². The molecular weight excluding hydrogens is 260 g/mol. The number of halogens is 3. The summed E-state index contributed by atoms with van der Waals surface area (Å²) in [5.41, 5.74) is 0. The highest BCUT2D eigenvalue weighted by Crippen LogP contribution is 2.19. The van der Waals surface area contributed by atoms with Crippen molar-refractivity contribution in [3.63, 3.8) is 0 Å². The Morgan fingerprint density at radius 3 is 2.77 bits per heavy atom. The van der Waals surface area contributed by atoms with Crippen molar-refractivity contribution in [2.24, 2.45) is 0 Å². The van der Waals surface area contributed by atoms with E-state index in [1.807, 2.05) is 11.4 Å². The van der Waals surface area contributed by atoms with Gasteiger partial charge in [-0.25, -0.2) is 8.78 Å². The minimum Gasteiger partial charge on any atom is -0.304 e. The van der Waals surface area contributed by atoms with E-state index in [1.165, 1.54) is 6.92 Å². The van der Waals surface area contributed by atoms with Crippen molar-refractivity contribution in [2.45, 2.75) is 25.9 Å². The van der Waals surface area contributed by atoms with Gasteiger partial charge in [0, 0.05) is 21.3 Å². The molecule has 5 heteroatoms. The van der Waals surface area contributed by atoms with Gasteiger partial charge in [0.1, 0.15) is 0 Å². The second-order valence-corrected chi connectivity index (χ2v) is 4.65. The lowest BCUT2D eigenvalue weighted by Gasteiger charge is -2.10. The topological polar surface area (TPSA) is 12.0 Å². The molecule has 1 rings (SSSR count). The number of hydrogen-bond acceptors (Lipinski definition) is 2. The summed E-state index contributed by atoms with van der Waals surface area (Å²) < 4.78 is 25.1. The van der Waals surface area contributed by atoms with E-state index in [4.69, 9.17) is 0 Å². The Labute approximate surface area is 88.3 Å². The fraction of sp³-hybridized carbons (Fsp3) is 0.500. The molecule has 0 fully saturated rings. The highest BCUT2D eigenvalue weighted by atomic mass is 79.9. The molecule has 1 aromatic heterocycles. The molecule has 1 unspecified atom stereocenters. The zero-order valence-corrected chi connectivity index (χ0v) is 9.46. The van der Waals surface area contributed by atoms with E-state index >= 15 is 0 Å². The molecule has 1 nitrogen and oxygen atoms in total. The molecule has 0 saturated carbocycles. The predicted octanol–water partition coefficient (Wildman–Crippen LogP) is 3.25. The van der Waals surface area contributed by atoms with Crippen LogP contribution in [0.5, 0.6) is 0 Å². The maximum atomic E-state index is 12.1. The lowest BCUT2D eigenvalue weighted by molar-refractivity contribution is 0.105. The number of hydrogen-bond donors (Lipinski definition) is 1. The Hall–Kier alpha value is -0.0000000000000000833. The molecule has 0 bridgehead atoms. The van der Waals surface area contributed by atoms with Gasteiger partial charge < -0.3 is 5.32 Å². The summed E-state index contributed by atoms with van der Waals surface area (Å²) >= 11 is 4.85. The number of rotatable bonds is 4. The molecule has 74 valence electrons. The van der Waals surface area contributed by atoms with E-state index in [1.54, 1.807) is 11.3 Å². The van der Waals surface area contributed by atoms with E-state index in [-0.39, 0.29) is 0 Å². The molecular formula is C8H10BrF2NS. The van der Waals surface area contributed by atoms with Crippen molar-refractivity contribution in [3.05, 3.63) is 20.8 Å². The normalized spacial score (nSPS) is 13.6. The average Bonchev–Trinajstić information content (AvgIpc) is 2.47. The van der Waals surface area contributed by atoms with Crippen LogP contribution in [0.4, 0.5) is 8.78 Å². The van der Waals surface area contributed by atoms with Gasteiger partial charge in [-0.3, -0.25) is 0 Å². The van der Waals surface area contributed by atoms with Gasteiger partial charge in [0.25, 0.3) is 6.43 Å². The fourth-order valence-electron chi connectivity index (χ4n) is 0.797. The molecule has 0 spiro atoms. The van der Waals surface area contributed by atoms with E-state index in [0.717, 1.165) is 9.35 Å².